The fraction of sp³-hybridized carbons (Fsp3) is 1.00. The first-order valence-corrected chi connectivity index (χ1v) is 5.87. The second-order valence-electron chi connectivity index (χ2n) is 4.97. The molecule has 78 valence electrons. The summed E-state index contributed by atoms with van der Waals surface area (Å²) in [6.07, 6.45) is 2.71. The van der Waals surface area contributed by atoms with E-state index >= 15 is 0 Å². The van der Waals surface area contributed by atoms with E-state index < -0.39 is 0 Å². The molecule has 1 heteroatoms. The Kier molecular flexibility index (Phi) is 4.24. The molecule has 1 saturated heterocycles. The van der Waals surface area contributed by atoms with Gasteiger partial charge in [0.15, 0.2) is 0 Å². The Morgan fingerprint density at radius 1 is 1.38 bits per heavy atom. The van der Waals surface area contributed by atoms with Crippen molar-refractivity contribution < 1.29 is 0 Å². The van der Waals surface area contributed by atoms with Gasteiger partial charge in [-0.25, -0.2) is 0 Å². The highest BCUT2D eigenvalue weighted by Crippen LogP contribution is 2.28. The summed E-state index contributed by atoms with van der Waals surface area (Å²) in [6, 6.07) is 0. The Morgan fingerprint density at radius 2 is 2.08 bits per heavy atom. The van der Waals surface area contributed by atoms with Gasteiger partial charge in [0.25, 0.3) is 0 Å². The summed E-state index contributed by atoms with van der Waals surface area (Å²) in [5, 5.41) is 0. The van der Waals surface area contributed by atoms with Crippen molar-refractivity contribution in [2.75, 3.05) is 19.6 Å². The van der Waals surface area contributed by atoms with E-state index in [0.29, 0.717) is 0 Å². The second-order valence-corrected chi connectivity index (χ2v) is 4.97. The Balaban J connectivity index is 2.43. The van der Waals surface area contributed by atoms with E-state index in [0.717, 1.165) is 17.8 Å². The van der Waals surface area contributed by atoms with Crippen LogP contribution in [-0.2, 0) is 0 Å². The molecule has 0 aromatic heterocycles. The Bertz CT molecular complexity index is 142. The van der Waals surface area contributed by atoms with E-state index in [-0.39, 0.29) is 0 Å². The highest BCUT2D eigenvalue weighted by atomic mass is 15.1. The molecule has 0 radical (unpaired) electrons. The quantitative estimate of drug-likeness (QED) is 0.650. The summed E-state index contributed by atoms with van der Waals surface area (Å²) in [6.45, 7) is 13.4. The van der Waals surface area contributed by atoms with Crippen molar-refractivity contribution >= 4 is 0 Å². The van der Waals surface area contributed by atoms with Crippen LogP contribution in [0.3, 0.4) is 0 Å². The van der Waals surface area contributed by atoms with Crippen LogP contribution in [0.1, 0.15) is 40.5 Å². The average Bonchev–Trinajstić information content (AvgIpc) is 2.08. The molecule has 0 spiro atoms. The Hall–Kier alpha value is -0.0400. The van der Waals surface area contributed by atoms with Gasteiger partial charge in [-0.15, -0.1) is 0 Å². The minimum Gasteiger partial charge on any atom is -0.303 e. The van der Waals surface area contributed by atoms with Crippen LogP contribution in [0.5, 0.6) is 0 Å². The zero-order valence-corrected chi connectivity index (χ0v) is 9.71. The van der Waals surface area contributed by atoms with Crippen molar-refractivity contribution in [1.29, 1.82) is 0 Å². The molecule has 0 saturated carbocycles. The predicted octanol–water partition coefficient (Wildman–Crippen LogP) is 3.01. The molecule has 0 N–H and O–H groups in total. The molecule has 1 aliphatic heterocycles. The van der Waals surface area contributed by atoms with Crippen LogP contribution in [0.2, 0.25) is 0 Å². The lowest BCUT2D eigenvalue weighted by molar-refractivity contribution is 0.0981. The van der Waals surface area contributed by atoms with E-state index in [9.17, 15) is 0 Å². The molecule has 0 unspecified atom stereocenters. The largest absolute Gasteiger partial charge is 0.303 e. The van der Waals surface area contributed by atoms with Crippen LogP contribution in [0.25, 0.3) is 0 Å². The van der Waals surface area contributed by atoms with Gasteiger partial charge in [0.1, 0.15) is 0 Å². The highest BCUT2D eigenvalue weighted by molar-refractivity contribution is 4.79. The lowest BCUT2D eigenvalue weighted by Gasteiger charge is -2.39. The van der Waals surface area contributed by atoms with Crippen molar-refractivity contribution in [1.82, 2.24) is 4.90 Å². The van der Waals surface area contributed by atoms with Gasteiger partial charge < -0.3 is 4.90 Å². The summed E-state index contributed by atoms with van der Waals surface area (Å²) < 4.78 is 0. The molecule has 1 aliphatic rings. The minimum atomic E-state index is 0.856. The van der Waals surface area contributed by atoms with Crippen LogP contribution >= 0.6 is 0 Å². The van der Waals surface area contributed by atoms with E-state index in [1.807, 2.05) is 0 Å². The van der Waals surface area contributed by atoms with Gasteiger partial charge in [-0.1, -0.05) is 27.7 Å². The van der Waals surface area contributed by atoms with Gasteiger partial charge in [0, 0.05) is 6.54 Å². The third kappa shape index (κ3) is 2.98. The van der Waals surface area contributed by atoms with Gasteiger partial charge in [0.05, 0.1) is 0 Å². The third-order valence-electron chi connectivity index (χ3n) is 3.50. The summed E-state index contributed by atoms with van der Waals surface area (Å²) >= 11 is 0. The van der Waals surface area contributed by atoms with Crippen LogP contribution in [-0.4, -0.2) is 24.5 Å². The highest BCUT2D eigenvalue weighted by Gasteiger charge is 2.27. The maximum absolute atomic E-state index is 2.64. The molecular weight excluding hydrogens is 158 g/mol. The molecule has 1 fully saturated rings. The van der Waals surface area contributed by atoms with Crippen molar-refractivity contribution in [2.24, 2.45) is 17.8 Å². The summed E-state index contributed by atoms with van der Waals surface area (Å²) in [7, 11) is 0. The number of nitrogens with zero attached hydrogens (tertiary/aromatic N) is 1. The first-order valence-electron chi connectivity index (χ1n) is 5.87. The van der Waals surface area contributed by atoms with Gasteiger partial charge in [-0.05, 0) is 43.7 Å². The average molecular weight is 183 g/mol. The van der Waals surface area contributed by atoms with E-state index in [1.165, 1.54) is 32.5 Å². The smallest absolute Gasteiger partial charge is 0.00147 e. The lowest BCUT2D eigenvalue weighted by atomic mass is 9.79. The van der Waals surface area contributed by atoms with Gasteiger partial charge in [0.2, 0.25) is 0 Å². The SMILES string of the molecule is CCCN1CC[C@H](C)[C@H](C(C)C)C1. The van der Waals surface area contributed by atoms with Crippen molar-refractivity contribution in [3.05, 3.63) is 0 Å². The molecule has 0 bridgehead atoms. The van der Waals surface area contributed by atoms with Crippen LogP contribution in [0.4, 0.5) is 0 Å². The molecule has 0 aromatic rings. The molecule has 1 heterocycles. The Morgan fingerprint density at radius 3 is 2.62 bits per heavy atom. The van der Waals surface area contributed by atoms with Crippen LogP contribution in [0, 0.1) is 17.8 Å². The topological polar surface area (TPSA) is 3.24 Å². The van der Waals surface area contributed by atoms with E-state index in [1.54, 1.807) is 0 Å². The number of rotatable bonds is 3. The Labute approximate surface area is 83.5 Å². The first kappa shape index (κ1) is 11.0. The maximum atomic E-state index is 2.64. The number of piperidine rings is 1. The monoisotopic (exact) mass is 183 g/mol. The molecule has 1 nitrogen and oxygen atoms in total. The molecule has 0 amide bonds. The van der Waals surface area contributed by atoms with Gasteiger partial charge in [-0.2, -0.15) is 0 Å². The molecule has 2 atom stereocenters. The standard InChI is InChI=1S/C12H25N/c1-5-7-13-8-6-11(4)12(9-13)10(2)3/h10-12H,5-9H2,1-4H3/t11-,12-/m0/s1. The second kappa shape index (κ2) is 4.99. The van der Waals surface area contributed by atoms with Gasteiger partial charge in [-0.3, -0.25) is 0 Å². The predicted molar refractivity (Wildman–Crippen MR) is 58.8 cm³/mol. The van der Waals surface area contributed by atoms with Crippen molar-refractivity contribution in [2.45, 2.75) is 40.5 Å². The maximum Gasteiger partial charge on any atom is 0.00147 e. The molecule has 13 heavy (non-hydrogen) atoms. The molecule has 1 rings (SSSR count). The van der Waals surface area contributed by atoms with Gasteiger partial charge >= 0.3 is 0 Å². The number of likely N-dealkylation sites (tertiary alicyclic amines) is 1. The summed E-state index contributed by atoms with van der Waals surface area (Å²) in [4.78, 5) is 2.64. The van der Waals surface area contributed by atoms with Crippen LogP contribution in [0.15, 0.2) is 0 Å². The zero-order chi connectivity index (χ0) is 9.84. The molecule has 0 aliphatic carbocycles. The lowest BCUT2D eigenvalue weighted by Crippen LogP contribution is -2.41. The van der Waals surface area contributed by atoms with Crippen molar-refractivity contribution in [3.8, 4) is 0 Å². The van der Waals surface area contributed by atoms with Crippen LogP contribution < -0.4 is 0 Å². The third-order valence-corrected chi connectivity index (χ3v) is 3.50. The minimum absolute atomic E-state index is 0.856. The zero-order valence-electron chi connectivity index (χ0n) is 9.71. The molecular formula is C12H25N. The first-order chi connectivity index (χ1) is 6.15. The number of hydrogen-bond donors (Lipinski definition) is 0. The summed E-state index contributed by atoms with van der Waals surface area (Å²) in [5.74, 6) is 2.73. The van der Waals surface area contributed by atoms with E-state index in [4.69, 9.17) is 0 Å². The fourth-order valence-corrected chi connectivity index (χ4v) is 2.56. The number of hydrogen-bond acceptors (Lipinski definition) is 1. The summed E-state index contributed by atoms with van der Waals surface area (Å²) in [5.41, 5.74) is 0. The molecule has 0 aromatic carbocycles. The van der Waals surface area contributed by atoms with Crippen molar-refractivity contribution in [3.63, 3.8) is 0 Å². The normalized spacial score (nSPS) is 31.2. The fourth-order valence-electron chi connectivity index (χ4n) is 2.56. The van der Waals surface area contributed by atoms with E-state index in [2.05, 4.69) is 32.6 Å².